The number of ether oxygens (including phenoxy) is 2. The number of rotatable bonds is 5. The highest BCUT2D eigenvalue weighted by Gasteiger charge is 2.42. The molecule has 26 heavy (non-hydrogen) atoms. The molecule has 0 spiro atoms. The van der Waals surface area contributed by atoms with Crippen molar-refractivity contribution in [3.8, 4) is 0 Å². The van der Waals surface area contributed by atoms with Crippen LogP contribution in [0.2, 0.25) is 0 Å². The highest BCUT2D eigenvalue weighted by Crippen LogP contribution is 2.31. The molecule has 1 aromatic rings. The maximum atomic E-state index is 12.6. The Labute approximate surface area is 150 Å². The van der Waals surface area contributed by atoms with Crippen LogP contribution in [0.15, 0.2) is 23.1 Å². The van der Waals surface area contributed by atoms with Gasteiger partial charge in [0.2, 0.25) is 5.91 Å². The number of benzene rings is 1. The second kappa shape index (κ2) is 7.04. The lowest BCUT2D eigenvalue weighted by molar-refractivity contribution is -0.121. The molecule has 10 heteroatoms. The van der Waals surface area contributed by atoms with Gasteiger partial charge in [0.1, 0.15) is 11.4 Å². The Bertz CT molecular complexity index is 859. The summed E-state index contributed by atoms with van der Waals surface area (Å²) in [6.07, 6.45) is 1.64. The molecule has 0 aromatic heterocycles. The van der Waals surface area contributed by atoms with Gasteiger partial charge in [0.05, 0.1) is 24.3 Å². The minimum absolute atomic E-state index is 0.00677. The molecule has 0 unspecified atom stereocenters. The first-order valence-electron chi connectivity index (χ1n) is 8.02. The predicted octanol–water partition coefficient (Wildman–Crippen LogP) is -0.0871. The Kier molecular flexibility index (Phi) is 4.97. The molecular weight excluding hydrogens is 364 g/mol. The van der Waals surface area contributed by atoms with Gasteiger partial charge in [0.25, 0.3) is 15.9 Å². The number of nitrogens with zero attached hydrogens (tertiary/aromatic N) is 1. The largest absolute Gasteiger partial charge is 0.465 e. The van der Waals surface area contributed by atoms with Crippen LogP contribution in [0.3, 0.4) is 0 Å². The molecule has 1 atom stereocenters. The quantitative estimate of drug-likeness (QED) is 0.707. The average Bonchev–Trinajstić information content (AvgIpc) is 3.21. The number of methoxy groups -OCH3 is 1. The third-order valence-electron chi connectivity index (χ3n) is 4.27. The number of fused-ring (bicyclic) bond motifs is 1. The van der Waals surface area contributed by atoms with Crippen LogP contribution in [0.25, 0.3) is 0 Å². The molecule has 1 fully saturated rings. The van der Waals surface area contributed by atoms with Gasteiger partial charge in [-0.3, -0.25) is 9.59 Å². The minimum Gasteiger partial charge on any atom is -0.465 e. The number of amides is 2. The second-order valence-electron chi connectivity index (χ2n) is 5.96. The molecule has 0 bridgehead atoms. The van der Waals surface area contributed by atoms with Crippen molar-refractivity contribution in [2.24, 2.45) is 0 Å². The fourth-order valence-corrected chi connectivity index (χ4v) is 4.45. The topological polar surface area (TPSA) is 119 Å². The van der Waals surface area contributed by atoms with Gasteiger partial charge in [-0.1, -0.05) is 0 Å². The van der Waals surface area contributed by atoms with Crippen molar-refractivity contribution in [1.29, 1.82) is 0 Å². The summed E-state index contributed by atoms with van der Waals surface area (Å²) in [5.74, 6) is -2.12. The predicted molar refractivity (Wildman–Crippen MR) is 88.0 cm³/mol. The Balaban J connectivity index is 1.75. The third-order valence-corrected chi connectivity index (χ3v) is 6.03. The monoisotopic (exact) mass is 382 g/mol. The van der Waals surface area contributed by atoms with Gasteiger partial charge in [0, 0.05) is 13.2 Å². The van der Waals surface area contributed by atoms with Gasteiger partial charge in [-0.2, -0.15) is 0 Å². The molecular formula is C16H18N2O7S. The van der Waals surface area contributed by atoms with Crippen molar-refractivity contribution < 1.29 is 32.3 Å². The van der Waals surface area contributed by atoms with E-state index in [1.54, 1.807) is 0 Å². The van der Waals surface area contributed by atoms with Crippen LogP contribution in [0, 0.1) is 0 Å². The van der Waals surface area contributed by atoms with Crippen LogP contribution in [0.1, 0.15) is 33.6 Å². The number of esters is 1. The number of carbonyl (C=O) groups excluding carboxylic acids is 3. The Morgan fingerprint density at radius 1 is 1.38 bits per heavy atom. The normalized spacial score (nSPS) is 20.7. The zero-order valence-corrected chi connectivity index (χ0v) is 14.9. The fraction of sp³-hybridized carbons (Fsp3) is 0.438. The number of carbonyl (C=O) groups is 3. The van der Waals surface area contributed by atoms with Crippen molar-refractivity contribution in [1.82, 2.24) is 9.62 Å². The van der Waals surface area contributed by atoms with Gasteiger partial charge in [-0.25, -0.2) is 17.5 Å². The zero-order valence-electron chi connectivity index (χ0n) is 14.1. The van der Waals surface area contributed by atoms with E-state index in [9.17, 15) is 22.8 Å². The summed E-state index contributed by atoms with van der Waals surface area (Å²) in [5, 5.41) is 2.58. The van der Waals surface area contributed by atoms with Gasteiger partial charge in [-0.15, -0.1) is 0 Å². The van der Waals surface area contributed by atoms with Crippen molar-refractivity contribution in [3.63, 3.8) is 0 Å². The lowest BCUT2D eigenvalue weighted by Crippen LogP contribution is -2.42. The van der Waals surface area contributed by atoms with Crippen molar-refractivity contribution in [2.45, 2.75) is 23.8 Å². The average molecular weight is 382 g/mol. The van der Waals surface area contributed by atoms with Crippen LogP contribution in [-0.2, 0) is 24.3 Å². The van der Waals surface area contributed by atoms with E-state index < -0.39 is 34.4 Å². The van der Waals surface area contributed by atoms with E-state index in [0.717, 1.165) is 18.9 Å². The standard InChI is InChI=1S/C16H18N2O7S/c1-24-16(21)10-4-5-12-13(7-10)26(22,23)18(15(12)20)9-14(19)17-8-11-3-2-6-25-11/h4-5,7,11H,2-3,6,8-9H2,1H3,(H,17,19)/t11-/m1/s1. The highest BCUT2D eigenvalue weighted by molar-refractivity contribution is 7.90. The molecule has 3 rings (SSSR count). The summed E-state index contributed by atoms with van der Waals surface area (Å²) in [6.45, 7) is 0.272. The summed E-state index contributed by atoms with van der Waals surface area (Å²) in [7, 11) is -3.04. The van der Waals surface area contributed by atoms with E-state index in [-0.39, 0.29) is 28.7 Å². The summed E-state index contributed by atoms with van der Waals surface area (Å²) in [6, 6.07) is 3.63. The number of hydrogen-bond acceptors (Lipinski definition) is 7. The first kappa shape index (κ1) is 18.3. The van der Waals surface area contributed by atoms with Crippen LogP contribution in [0.4, 0.5) is 0 Å². The maximum absolute atomic E-state index is 12.6. The summed E-state index contributed by atoms with van der Waals surface area (Å²) in [5.41, 5.74) is -0.0723. The van der Waals surface area contributed by atoms with Crippen LogP contribution in [0.5, 0.6) is 0 Å². The molecule has 0 aliphatic carbocycles. The van der Waals surface area contributed by atoms with Crippen molar-refractivity contribution in [2.75, 3.05) is 26.8 Å². The van der Waals surface area contributed by atoms with Crippen LogP contribution < -0.4 is 5.32 Å². The van der Waals surface area contributed by atoms with Crippen LogP contribution >= 0.6 is 0 Å². The first-order valence-corrected chi connectivity index (χ1v) is 9.46. The lowest BCUT2D eigenvalue weighted by Gasteiger charge is -2.16. The molecule has 9 nitrogen and oxygen atoms in total. The molecule has 2 aliphatic rings. The lowest BCUT2D eigenvalue weighted by atomic mass is 10.1. The smallest absolute Gasteiger partial charge is 0.337 e. The fourth-order valence-electron chi connectivity index (χ4n) is 2.90. The van der Waals surface area contributed by atoms with E-state index in [0.29, 0.717) is 10.9 Å². The number of nitrogens with one attached hydrogen (secondary N) is 1. The van der Waals surface area contributed by atoms with Crippen molar-refractivity contribution in [3.05, 3.63) is 29.3 Å². The first-order chi connectivity index (χ1) is 12.3. The SMILES string of the molecule is COC(=O)c1ccc2c(c1)S(=O)(=O)N(CC(=O)NC[C@H]1CCCO1)C2=O. The maximum Gasteiger partial charge on any atom is 0.337 e. The Morgan fingerprint density at radius 3 is 2.81 bits per heavy atom. The summed E-state index contributed by atoms with van der Waals surface area (Å²) in [4.78, 5) is 35.7. The number of sulfonamides is 1. The van der Waals surface area contributed by atoms with E-state index in [4.69, 9.17) is 4.74 Å². The van der Waals surface area contributed by atoms with Gasteiger partial charge in [-0.05, 0) is 31.0 Å². The van der Waals surface area contributed by atoms with Gasteiger partial charge < -0.3 is 14.8 Å². The van der Waals surface area contributed by atoms with Crippen LogP contribution in [-0.4, -0.2) is 63.4 Å². The Hall–Kier alpha value is -2.46. The third kappa shape index (κ3) is 3.29. The van der Waals surface area contributed by atoms with E-state index in [1.165, 1.54) is 19.2 Å². The molecule has 2 amide bonds. The Morgan fingerprint density at radius 2 is 2.15 bits per heavy atom. The van der Waals surface area contributed by atoms with E-state index in [1.807, 2.05) is 0 Å². The molecule has 1 saturated heterocycles. The zero-order chi connectivity index (χ0) is 18.9. The van der Waals surface area contributed by atoms with Crippen molar-refractivity contribution >= 4 is 27.8 Å². The van der Waals surface area contributed by atoms with Gasteiger partial charge in [0.15, 0.2) is 0 Å². The van der Waals surface area contributed by atoms with Gasteiger partial charge >= 0.3 is 5.97 Å². The molecule has 2 heterocycles. The molecule has 0 saturated carbocycles. The molecule has 140 valence electrons. The molecule has 2 aliphatic heterocycles. The molecule has 0 radical (unpaired) electrons. The summed E-state index contributed by atoms with van der Waals surface area (Å²) < 4.78 is 35.6. The molecule has 1 aromatic carbocycles. The van der Waals surface area contributed by atoms with E-state index in [2.05, 4.69) is 10.1 Å². The van der Waals surface area contributed by atoms with E-state index >= 15 is 0 Å². The number of hydrogen-bond donors (Lipinski definition) is 1. The summed E-state index contributed by atoms with van der Waals surface area (Å²) >= 11 is 0. The minimum atomic E-state index is -4.21. The second-order valence-corrected chi connectivity index (χ2v) is 7.79. The molecule has 1 N–H and O–H groups in total. The highest BCUT2D eigenvalue weighted by atomic mass is 32.2.